The van der Waals surface area contributed by atoms with Gasteiger partial charge in [0.05, 0.1) is 12.6 Å². The van der Waals surface area contributed by atoms with Gasteiger partial charge in [-0.3, -0.25) is 9.59 Å². The lowest BCUT2D eigenvalue weighted by molar-refractivity contribution is -0.134. The average Bonchev–Trinajstić information content (AvgIpc) is 3.12. The number of carbonyl (C=O) groups excluding carboxylic acids is 2. The molecule has 1 aromatic rings. The third kappa shape index (κ3) is 3.72. The molecule has 1 saturated heterocycles. The monoisotopic (exact) mass is 320 g/mol. The smallest absolute Gasteiger partial charge is 0.245 e. The van der Waals surface area contributed by atoms with E-state index in [4.69, 9.17) is 4.52 Å². The number of amides is 2. The molecule has 2 N–H and O–H groups in total. The summed E-state index contributed by atoms with van der Waals surface area (Å²) in [6.45, 7) is 1.77. The van der Waals surface area contributed by atoms with Gasteiger partial charge in [0.15, 0.2) is 5.82 Å². The van der Waals surface area contributed by atoms with Crippen LogP contribution in [0.25, 0.3) is 0 Å². The van der Waals surface area contributed by atoms with Gasteiger partial charge in [0, 0.05) is 19.2 Å². The quantitative estimate of drug-likeness (QED) is 0.873. The number of carbonyl (C=O) groups is 2. The molecule has 1 aliphatic heterocycles. The summed E-state index contributed by atoms with van der Waals surface area (Å²) in [5, 5.41) is 9.79. The Bertz CT molecular complexity index is 572. The second kappa shape index (κ2) is 6.70. The molecule has 0 aromatic carbocycles. The zero-order chi connectivity index (χ0) is 16.4. The molecule has 0 radical (unpaired) electrons. The van der Waals surface area contributed by atoms with Crippen molar-refractivity contribution in [1.29, 1.82) is 0 Å². The minimum atomic E-state index is -0.274. The molecule has 2 amide bonds. The van der Waals surface area contributed by atoms with E-state index in [9.17, 15) is 9.59 Å². The van der Waals surface area contributed by atoms with Crippen molar-refractivity contribution in [3.05, 3.63) is 11.8 Å². The lowest BCUT2D eigenvalue weighted by Gasteiger charge is -2.24. The van der Waals surface area contributed by atoms with Gasteiger partial charge in [-0.15, -0.1) is 0 Å². The molecule has 1 saturated carbocycles. The Kier molecular flexibility index (Phi) is 4.66. The molecular formula is C16H24N4O3. The van der Waals surface area contributed by atoms with Gasteiger partial charge in [-0.1, -0.05) is 18.0 Å². The molecule has 2 fully saturated rings. The fraction of sp³-hybridized carbons (Fsp3) is 0.688. The van der Waals surface area contributed by atoms with Crippen LogP contribution in [0.3, 0.4) is 0 Å². The summed E-state index contributed by atoms with van der Waals surface area (Å²) in [5.41, 5.74) is 0. The highest BCUT2D eigenvalue weighted by atomic mass is 16.5. The molecule has 3 rings (SSSR count). The minimum absolute atomic E-state index is 0.00844. The lowest BCUT2D eigenvalue weighted by Crippen LogP contribution is -2.46. The number of fused-ring (bicyclic) bond motifs is 1. The standard InChI is InChI=1S/C16H24N4O3/c1-10-7-14(19-23-10)18-15(21)9-20(2)16(22)13-8-11-5-3-4-6-12(11)17-13/h7,11-13,17H,3-6,8-9H2,1-2H3,(H,18,19,21). The molecule has 126 valence electrons. The van der Waals surface area contributed by atoms with Gasteiger partial charge in [-0.25, -0.2) is 0 Å². The first-order valence-electron chi connectivity index (χ1n) is 8.27. The second-order valence-electron chi connectivity index (χ2n) is 6.67. The summed E-state index contributed by atoms with van der Waals surface area (Å²) in [4.78, 5) is 26.0. The molecule has 0 spiro atoms. The maximum atomic E-state index is 12.5. The van der Waals surface area contributed by atoms with E-state index in [1.54, 1.807) is 20.0 Å². The molecule has 2 heterocycles. The molecule has 23 heavy (non-hydrogen) atoms. The number of rotatable bonds is 4. The minimum Gasteiger partial charge on any atom is -0.360 e. The Morgan fingerprint density at radius 2 is 2.22 bits per heavy atom. The summed E-state index contributed by atoms with van der Waals surface area (Å²) in [6, 6.07) is 1.95. The van der Waals surface area contributed by atoms with Crippen molar-refractivity contribution in [3.63, 3.8) is 0 Å². The molecule has 1 aromatic heterocycles. The van der Waals surface area contributed by atoms with Crippen molar-refractivity contribution in [2.24, 2.45) is 5.92 Å². The Morgan fingerprint density at radius 3 is 2.91 bits per heavy atom. The summed E-state index contributed by atoms with van der Waals surface area (Å²) in [6.07, 6.45) is 5.75. The molecule has 2 aliphatic rings. The summed E-state index contributed by atoms with van der Waals surface area (Å²) >= 11 is 0. The third-order valence-corrected chi connectivity index (χ3v) is 4.81. The van der Waals surface area contributed by atoms with Crippen molar-refractivity contribution in [3.8, 4) is 0 Å². The predicted molar refractivity (Wildman–Crippen MR) is 84.8 cm³/mol. The normalized spacial score (nSPS) is 26.6. The van der Waals surface area contributed by atoms with Crippen molar-refractivity contribution in [1.82, 2.24) is 15.4 Å². The maximum absolute atomic E-state index is 12.5. The van der Waals surface area contributed by atoms with Gasteiger partial charge in [-0.05, 0) is 32.1 Å². The van der Waals surface area contributed by atoms with E-state index >= 15 is 0 Å². The van der Waals surface area contributed by atoms with Crippen LogP contribution in [0.15, 0.2) is 10.6 Å². The van der Waals surface area contributed by atoms with E-state index in [-0.39, 0.29) is 24.4 Å². The fourth-order valence-corrected chi connectivity index (χ4v) is 3.68. The van der Waals surface area contributed by atoms with E-state index in [2.05, 4.69) is 15.8 Å². The highest BCUT2D eigenvalue weighted by molar-refractivity contribution is 5.94. The fourth-order valence-electron chi connectivity index (χ4n) is 3.68. The SMILES string of the molecule is Cc1cc(NC(=O)CN(C)C(=O)C2CC3CCCCC3N2)no1. The van der Waals surface area contributed by atoms with Crippen LogP contribution in [0, 0.1) is 12.8 Å². The van der Waals surface area contributed by atoms with Crippen LogP contribution in [0.4, 0.5) is 5.82 Å². The molecule has 1 aliphatic carbocycles. The predicted octanol–water partition coefficient (Wildman–Crippen LogP) is 1.30. The van der Waals surface area contributed by atoms with Crippen LogP contribution in [-0.4, -0.2) is 47.5 Å². The van der Waals surface area contributed by atoms with E-state index < -0.39 is 0 Å². The first kappa shape index (κ1) is 16.0. The molecule has 3 atom stereocenters. The third-order valence-electron chi connectivity index (χ3n) is 4.81. The molecule has 7 nitrogen and oxygen atoms in total. The van der Waals surface area contributed by atoms with Gasteiger partial charge in [-0.2, -0.15) is 0 Å². The van der Waals surface area contributed by atoms with E-state index in [1.165, 1.54) is 24.2 Å². The van der Waals surface area contributed by atoms with E-state index in [1.807, 2.05) is 0 Å². The number of hydrogen-bond donors (Lipinski definition) is 2. The number of nitrogens with zero attached hydrogens (tertiary/aromatic N) is 2. The van der Waals surface area contributed by atoms with Crippen molar-refractivity contribution in [2.45, 2.75) is 51.1 Å². The Hall–Kier alpha value is -1.89. The first-order chi connectivity index (χ1) is 11.0. The Balaban J connectivity index is 1.50. The van der Waals surface area contributed by atoms with Crippen LogP contribution in [0.5, 0.6) is 0 Å². The first-order valence-corrected chi connectivity index (χ1v) is 8.27. The van der Waals surface area contributed by atoms with Crippen molar-refractivity contribution in [2.75, 3.05) is 18.9 Å². The number of likely N-dealkylation sites (N-methyl/N-ethyl adjacent to an activating group) is 1. The largest absolute Gasteiger partial charge is 0.360 e. The summed E-state index contributed by atoms with van der Waals surface area (Å²) in [7, 11) is 1.67. The molecule has 0 bridgehead atoms. The van der Waals surface area contributed by atoms with Crippen LogP contribution in [-0.2, 0) is 9.59 Å². The Labute approximate surface area is 135 Å². The van der Waals surface area contributed by atoms with Gasteiger partial charge in [0.1, 0.15) is 5.76 Å². The second-order valence-corrected chi connectivity index (χ2v) is 6.67. The lowest BCUT2D eigenvalue weighted by atomic mass is 9.85. The highest BCUT2D eigenvalue weighted by Crippen LogP contribution is 2.33. The Morgan fingerprint density at radius 1 is 1.43 bits per heavy atom. The number of anilines is 1. The average molecular weight is 320 g/mol. The van der Waals surface area contributed by atoms with E-state index in [0.29, 0.717) is 23.5 Å². The molecular weight excluding hydrogens is 296 g/mol. The van der Waals surface area contributed by atoms with Crippen molar-refractivity contribution < 1.29 is 14.1 Å². The van der Waals surface area contributed by atoms with Crippen LogP contribution < -0.4 is 10.6 Å². The van der Waals surface area contributed by atoms with Crippen LogP contribution in [0.2, 0.25) is 0 Å². The van der Waals surface area contributed by atoms with Gasteiger partial charge in [0.2, 0.25) is 11.8 Å². The maximum Gasteiger partial charge on any atom is 0.245 e. The summed E-state index contributed by atoms with van der Waals surface area (Å²) < 4.78 is 4.90. The van der Waals surface area contributed by atoms with Gasteiger partial charge >= 0.3 is 0 Å². The van der Waals surface area contributed by atoms with Crippen molar-refractivity contribution >= 4 is 17.6 Å². The van der Waals surface area contributed by atoms with Crippen LogP contribution in [0.1, 0.15) is 37.9 Å². The topological polar surface area (TPSA) is 87.5 Å². The number of nitrogens with one attached hydrogen (secondary N) is 2. The number of aryl methyl sites for hydroxylation is 1. The van der Waals surface area contributed by atoms with Gasteiger partial charge in [0.25, 0.3) is 0 Å². The van der Waals surface area contributed by atoms with E-state index in [0.717, 1.165) is 12.8 Å². The zero-order valence-corrected chi connectivity index (χ0v) is 13.7. The summed E-state index contributed by atoms with van der Waals surface area (Å²) in [5.74, 6) is 1.33. The molecule has 7 heteroatoms. The number of hydrogen-bond acceptors (Lipinski definition) is 5. The van der Waals surface area contributed by atoms with Crippen LogP contribution >= 0.6 is 0 Å². The molecule has 3 unspecified atom stereocenters. The highest BCUT2D eigenvalue weighted by Gasteiger charge is 2.39. The number of aromatic nitrogens is 1. The zero-order valence-electron chi connectivity index (χ0n) is 13.7. The van der Waals surface area contributed by atoms with Gasteiger partial charge < -0.3 is 20.1 Å².